The number of rotatable bonds is 4. The number of benzene rings is 1. The summed E-state index contributed by atoms with van der Waals surface area (Å²) in [5, 5.41) is 0. The predicted octanol–water partition coefficient (Wildman–Crippen LogP) is 4.71. The van der Waals surface area contributed by atoms with Crippen LogP contribution in [0.3, 0.4) is 0 Å². The average molecular weight is 346 g/mol. The van der Waals surface area contributed by atoms with Crippen molar-refractivity contribution in [2.45, 2.75) is 69.2 Å². The number of hydrogen-bond donors (Lipinski definition) is 0. The monoisotopic (exact) mass is 345 g/mol. The summed E-state index contributed by atoms with van der Waals surface area (Å²) in [5.74, 6) is 0.123. The minimum Gasteiger partial charge on any atom is -0.277 e. The maximum Gasteiger partial charge on any atom is 0.181 e. The molecule has 0 saturated heterocycles. The SMILES string of the molecule is CCCC1(CC)CS(=O)(=O)c2ccccc2C(C2=CCCCC2)=N1. The zero-order valence-corrected chi connectivity index (χ0v) is 15.5. The molecule has 2 aliphatic rings. The van der Waals surface area contributed by atoms with Gasteiger partial charge in [-0.3, -0.25) is 4.99 Å². The van der Waals surface area contributed by atoms with E-state index in [1.54, 1.807) is 6.07 Å². The number of fused-ring (bicyclic) bond motifs is 1. The van der Waals surface area contributed by atoms with Crippen molar-refractivity contribution in [2.75, 3.05) is 5.75 Å². The molecule has 130 valence electrons. The van der Waals surface area contributed by atoms with E-state index in [4.69, 9.17) is 4.99 Å². The first-order chi connectivity index (χ1) is 11.5. The lowest BCUT2D eigenvalue weighted by Crippen LogP contribution is -2.34. The highest BCUT2D eigenvalue weighted by atomic mass is 32.2. The van der Waals surface area contributed by atoms with Crippen molar-refractivity contribution >= 4 is 15.5 Å². The molecule has 0 N–H and O–H groups in total. The van der Waals surface area contributed by atoms with Crippen LogP contribution in [0.2, 0.25) is 0 Å². The molecule has 1 aliphatic carbocycles. The van der Waals surface area contributed by atoms with Crippen LogP contribution in [0.5, 0.6) is 0 Å². The normalized spacial score (nSPS) is 26.1. The van der Waals surface area contributed by atoms with Crippen molar-refractivity contribution in [1.82, 2.24) is 0 Å². The third-order valence-electron chi connectivity index (χ3n) is 5.25. The fourth-order valence-electron chi connectivity index (χ4n) is 3.94. The lowest BCUT2D eigenvalue weighted by molar-refractivity contribution is 0.416. The molecule has 0 aromatic heterocycles. The molecule has 1 heterocycles. The first-order valence-corrected chi connectivity index (χ1v) is 10.8. The molecule has 3 rings (SSSR count). The third-order valence-corrected chi connectivity index (χ3v) is 7.20. The molecule has 0 bridgehead atoms. The van der Waals surface area contributed by atoms with Gasteiger partial charge >= 0.3 is 0 Å². The second kappa shape index (κ2) is 6.83. The highest BCUT2D eigenvalue weighted by molar-refractivity contribution is 7.91. The van der Waals surface area contributed by atoms with Crippen molar-refractivity contribution in [1.29, 1.82) is 0 Å². The Morgan fingerprint density at radius 2 is 1.96 bits per heavy atom. The second-order valence-corrected chi connectivity index (χ2v) is 8.98. The van der Waals surface area contributed by atoms with Gasteiger partial charge in [0, 0.05) is 5.56 Å². The van der Waals surface area contributed by atoms with Crippen LogP contribution in [0, 0.1) is 0 Å². The first kappa shape index (κ1) is 17.4. The van der Waals surface area contributed by atoms with E-state index in [2.05, 4.69) is 19.9 Å². The summed E-state index contributed by atoms with van der Waals surface area (Å²) in [6.07, 6.45) is 9.21. The van der Waals surface area contributed by atoms with Gasteiger partial charge in [-0.2, -0.15) is 0 Å². The fraction of sp³-hybridized carbons (Fsp3) is 0.550. The molecule has 1 unspecified atom stereocenters. The largest absolute Gasteiger partial charge is 0.277 e. The lowest BCUT2D eigenvalue weighted by atomic mass is 9.89. The molecule has 3 nitrogen and oxygen atoms in total. The molecule has 1 aromatic rings. The average Bonchev–Trinajstić information content (AvgIpc) is 2.69. The fourth-order valence-corrected chi connectivity index (χ4v) is 6.01. The van der Waals surface area contributed by atoms with Crippen LogP contribution >= 0.6 is 0 Å². The summed E-state index contributed by atoms with van der Waals surface area (Å²) < 4.78 is 26.2. The summed E-state index contributed by atoms with van der Waals surface area (Å²) >= 11 is 0. The highest BCUT2D eigenvalue weighted by Crippen LogP contribution is 2.36. The van der Waals surface area contributed by atoms with Gasteiger partial charge in [-0.25, -0.2) is 8.42 Å². The van der Waals surface area contributed by atoms with Crippen molar-refractivity contribution in [3.05, 3.63) is 41.5 Å². The van der Waals surface area contributed by atoms with Gasteiger partial charge in [0.15, 0.2) is 9.84 Å². The summed E-state index contributed by atoms with van der Waals surface area (Å²) in [4.78, 5) is 5.60. The lowest BCUT2D eigenvalue weighted by Gasteiger charge is -2.28. The van der Waals surface area contributed by atoms with E-state index in [9.17, 15) is 8.42 Å². The number of sulfone groups is 1. The number of hydrogen-bond acceptors (Lipinski definition) is 3. The van der Waals surface area contributed by atoms with Gasteiger partial charge in [-0.05, 0) is 50.2 Å². The van der Waals surface area contributed by atoms with Crippen LogP contribution in [0.1, 0.15) is 64.4 Å². The maximum absolute atomic E-state index is 13.1. The van der Waals surface area contributed by atoms with Gasteiger partial charge in [0.25, 0.3) is 0 Å². The van der Waals surface area contributed by atoms with E-state index in [1.165, 1.54) is 12.0 Å². The minimum atomic E-state index is -3.33. The van der Waals surface area contributed by atoms with Gasteiger partial charge in [-0.15, -0.1) is 0 Å². The van der Waals surface area contributed by atoms with Crippen molar-refractivity contribution in [2.24, 2.45) is 4.99 Å². The topological polar surface area (TPSA) is 46.5 Å². The first-order valence-electron chi connectivity index (χ1n) is 9.13. The van der Waals surface area contributed by atoms with E-state index >= 15 is 0 Å². The quantitative estimate of drug-likeness (QED) is 0.793. The van der Waals surface area contributed by atoms with Gasteiger partial charge < -0.3 is 0 Å². The molecule has 1 aliphatic heterocycles. The molecule has 0 radical (unpaired) electrons. The van der Waals surface area contributed by atoms with Crippen LogP contribution in [-0.2, 0) is 9.84 Å². The Kier molecular flexibility index (Phi) is 4.95. The number of nitrogens with zero attached hydrogens (tertiary/aromatic N) is 1. The summed E-state index contributed by atoms with van der Waals surface area (Å²) in [7, 11) is -3.33. The molecule has 0 spiro atoms. The van der Waals surface area contributed by atoms with E-state index in [1.807, 2.05) is 18.2 Å². The van der Waals surface area contributed by atoms with Crippen LogP contribution in [0.15, 0.2) is 45.8 Å². The Hall–Kier alpha value is -1.42. The minimum absolute atomic E-state index is 0.123. The standard InChI is InChI=1S/C20H27NO2S/c1-3-14-20(4-2)15-24(22,23)18-13-9-8-12-17(18)19(21-20)16-10-6-5-7-11-16/h8-10,12-13H,3-7,11,14-15H2,1-2H3. The summed E-state index contributed by atoms with van der Waals surface area (Å²) in [6, 6.07) is 7.42. The smallest absolute Gasteiger partial charge is 0.181 e. The number of allylic oxidation sites excluding steroid dienone is 2. The zero-order valence-electron chi connectivity index (χ0n) is 14.7. The predicted molar refractivity (Wildman–Crippen MR) is 99.5 cm³/mol. The Labute approximate surface area is 145 Å². The Balaban J connectivity index is 2.25. The van der Waals surface area contributed by atoms with Gasteiger partial charge in [0.05, 0.1) is 21.9 Å². The number of aliphatic imine (C=N–C) groups is 1. The Morgan fingerprint density at radius 3 is 2.62 bits per heavy atom. The molecule has 0 saturated carbocycles. The molecule has 1 aromatic carbocycles. The molecule has 0 fully saturated rings. The maximum atomic E-state index is 13.1. The van der Waals surface area contributed by atoms with E-state index < -0.39 is 15.4 Å². The molecular weight excluding hydrogens is 318 g/mol. The highest BCUT2D eigenvalue weighted by Gasteiger charge is 2.39. The van der Waals surface area contributed by atoms with E-state index in [0.29, 0.717) is 4.90 Å². The second-order valence-electron chi connectivity index (χ2n) is 7.02. The van der Waals surface area contributed by atoms with Gasteiger partial charge in [0.2, 0.25) is 0 Å². The molecule has 4 heteroatoms. The molecular formula is C20H27NO2S. The zero-order chi connectivity index (χ0) is 17.2. The summed E-state index contributed by atoms with van der Waals surface area (Å²) in [6.45, 7) is 4.18. The van der Waals surface area contributed by atoms with E-state index in [-0.39, 0.29) is 5.75 Å². The van der Waals surface area contributed by atoms with Crippen molar-refractivity contribution in [3.8, 4) is 0 Å². The van der Waals surface area contributed by atoms with E-state index in [0.717, 1.165) is 49.8 Å². The van der Waals surface area contributed by atoms with Crippen molar-refractivity contribution in [3.63, 3.8) is 0 Å². The summed E-state index contributed by atoms with van der Waals surface area (Å²) in [5.41, 5.74) is 2.47. The van der Waals surface area contributed by atoms with Gasteiger partial charge in [-0.1, -0.05) is 44.5 Å². The molecule has 24 heavy (non-hydrogen) atoms. The van der Waals surface area contributed by atoms with Crippen LogP contribution in [-0.4, -0.2) is 25.4 Å². The van der Waals surface area contributed by atoms with Crippen LogP contribution < -0.4 is 0 Å². The van der Waals surface area contributed by atoms with Gasteiger partial charge in [0.1, 0.15) is 0 Å². The van der Waals surface area contributed by atoms with Crippen molar-refractivity contribution < 1.29 is 8.42 Å². The Bertz CT molecular complexity index is 777. The third kappa shape index (κ3) is 3.21. The van der Waals surface area contributed by atoms with Crippen LogP contribution in [0.4, 0.5) is 0 Å². The van der Waals surface area contributed by atoms with Crippen LogP contribution in [0.25, 0.3) is 0 Å². The molecule has 0 amide bonds. The molecule has 1 atom stereocenters. The Morgan fingerprint density at radius 1 is 1.17 bits per heavy atom.